The monoisotopic (exact) mass is 215 g/mol. The molecule has 3 heteroatoms. The van der Waals surface area contributed by atoms with E-state index < -0.39 is 0 Å². The summed E-state index contributed by atoms with van der Waals surface area (Å²) < 4.78 is 2.16. The van der Waals surface area contributed by atoms with Crippen molar-refractivity contribution in [2.24, 2.45) is 0 Å². The molecule has 0 aromatic carbocycles. The van der Waals surface area contributed by atoms with Crippen molar-refractivity contribution >= 4 is 5.65 Å². The van der Waals surface area contributed by atoms with Crippen LogP contribution in [0, 0.1) is 6.92 Å². The zero-order valence-electron chi connectivity index (χ0n) is 9.69. The molecule has 0 atom stereocenters. The van der Waals surface area contributed by atoms with Gasteiger partial charge in [0.25, 0.3) is 0 Å². The molecule has 0 aliphatic heterocycles. The molecular weight excluding hydrogens is 198 g/mol. The van der Waals surface area contributed by atoms with Crippen molar-refractivity contribution in [2.75, 3.05) is 0 Å². The van der Waals surface area contributed by atoms with Gasteiger partial charge < -0.3 is 0 Å². The molecule has 2 heterocycles. The molecule has 0 spiro atoms. The first-order chi connectivity index (χ1) is 7.84. The molecule has 0 radical (unpaired) electrons. The van der Waals surface area contributed by atoms with Gasteiger partial charge in [-0.05, 0) is 37.5 Å². The standard InChI is InChI=1S/C13H17N3/c1-10-7-8-16-12(9-10)14-15-13(16)11-5-3-2-4-6-11/h7-9,11H,2-6H2,1H3. The van der Waals surface area contributed by atoms with Gasteiger partial charge in [0.2, 0.25) is 0 Å². The smallest absolute Gasteiger partial charge is 0.161 e. The van der Waals surface area contributed by atoms with Crippen LogP contribution in [0.15, 0.2) is 18.3 Å². The van der Waals surface area contributed by atoms with Crippen molar-refractivity contribution in [3.63, 3.8) is 0 Å². The summed E-state index contributed by atoms with van der Waals surface area (Å²) >= 11 is 0. The van der Waals surface area contributed by atoms with E-state index in [2.05, 4.69) is 39.9 Å². The average molecular weight is 215 g/mol. The molecule has 2 aromatic heterocycles. The van der Waals surface area contributed by atoms with Crippen molar-refractivity contribution in [1.29, 1.82) is 0 Å². The normalized spacial score (nSPS) is 18.1. The number of nitrogens with zero attached hydrogens (tertiary/aromatic N) is 3. The number of rotatable bonds is 1. The first-order valence-electron chi connectivity index (χ1n) is 6.16. The van der Waals surface area contributed by atoms with Gasteiger partial charge in [-0.2, -0.15) is 0 Å². The van der Waals surface area contributed by atoms with Crippen LogP contribution < -0.4 is 0 Å². The van der Waals surface area contributed by atoms with Crippen molar-refractivity contribution < 1.29 is 0 Å². The summed E-state index contributed by atoms with van der Waals surface area (Å²) in [4.78, 5) is 0. The Kier molecular flexibility index (Phi) is 2.39. The number of hydrogen-bond acceptors (Lipinski definition) is 2. The maximum absolute atomic E-state index is 4.37. The third kappa shape index (κ3) is 1.60. The molecule has 0 bridgehead atoms. The lowest BCUT2D eigenvalue weighted by Gasteiger charge is -2.19. The van der Waals surface area contributed by atoms with Crippen LogP contribution in [0.25, 0.3) is 5.65 Å². The summed E-state index contributed by atoms with van der Waals surface area (Å²) in [5.41, 5.74) is 2.23. The third-order valence-electron chi connectivity index (χ3n) is 3.56. The second-order valence-corrected chi connectivity index (χ2v) is 4.83. The summed E-state index contributed by atoms with van der Waals surface area (Å²) in [6.45, 7) is 2.09. The van der Waals surface area contributed by atoms with E-state index in [-0.39, 0.29) is 0 Å². The second-order valence-electron chi connectivity index (χ2n) is 4.83. The molecular formula is C13H17N3. The van der Waals surface area contributed by atoms with Gasteiger partial charge in [-0.3, -0.25) is 4.40 Å². The fourth-order valence-corrected chi connectivity index (χ4v) is 2.65. The molecule has 0 saturated heterocycles. The molecule has 1 aliphatic carbocycles. The highest BCUT2D eigenvalue weighted by Crippen LogP contribution is 2.31. The third-order valence-corrected chi connectivity index (χ3v) is 3.56. The van der Waals surface area contributed by atoms with E-state index in [4.69, 9.17) is 0 Å². The predicted octanol–water partition coefficient (Wildman–Crippen LogP) is 3.09. The Bertz CT molecular complexity index is 495. The Labute approximate surface area is 95.5 Å². The number of aryl methyl sites for hydroxylation is 1. The number of pyridine rings is 1. The Morgan fingerprint density at radius 3 is 2.81 bits per heavy atom. The number of aromatic nitrogens is 3. The van der Waals surface area contributed by atoms with Gasteiger partial charge in [0.1, 0.15) is 5.82 Å². The van der Waals surface area contributed by atoms with Crippen molar-refractivity contribution in [3.05, 3.63) is 29.7 Å². The van der Waals surface area contributed by atoms with E-state index in [1.165, 1.54) is 37.7 Å². The summed E-state index contributed by atoms with van der Waals surface area (Å²) in [7, 11) is 0. The highest BCUT2D eigenvalue weighted by atomic mass is 15.2. The molecule has 84 valence electrons. The summed E-state index contributed by atoms with van der Waals surface area (Å²) in [6, 6.07) is 4.22. The molecule has 3 rings (SSSR count). The minimum atomic E-state index is 0.617. The zero-order valence-corrected chi connectivity index (χ0v) is 9.69. The van der Waals surface area contributed by atoms with Gasteiger partial charge in [-0.15, -0.1) is 10.2 Å². The second kappa shape index (κ2) is 3.89. The molecule has 3 nitrogen and oxygen atoms in total. The molecule has 0 unspecified atom stereocenters. The highest BCUT2D eigenvalue weighted by Gasteiger charge is 2.20. The molecule has 1 fully saturated rings. The van der Waals surface area contributed by atoms with Crippen molar-refractivity contribution in [2.45, 2.75) is 44.9 Å². The van der Waals surface area contributed by atoms with Crippen molar-refractivity contribution in [3.8, 4) is 0 Å². The molecule has 0 amide bonds. The Hall–Kier alpha value is -1.38. The van der Waals surface area contributed by atoms with Gasteiger partial charge in [-0.1, -0.05) is 19.3 Å². The summed E-state index contributed by atoms with van der Waals surface area (Å²) in [6.07, 6.45) is 8.71. The van der Waals surface area contributed by atoms with Crippen LogP contribution in [0.2, 0.25) is 0 Å². The van der Waals surface area contributed by atoms with Crippen LogP contribution in [0.5, 0.6) is 0 Å². The first-order valence-corrected chi connectivity index (χ1v) is 6.16. The van der Waals surface area contributed by atoms with Crippen molar-refractivity contribution in [1.82, 2.24) is 14.6 Å². The molecule has 0 N–H and O–H groups in total. The quantitative estimate of drug-likeness (QED) is 0.731. The molecule has 16 heavy (non-hydrogen) atoms. The molecule has 1 aliphatic rings. The van der Waals surface area contributed by atoms with Gasteiger partial charge in [0.05, 0.1) is 0 Å². The lowest BCUT2D eigenvalue weighted by atomic mass is 9.89. The predicted molar refractivity (Wildman–Crippen MR) is 63.6 cm³/mol. The lowest BCUT2D eigenvalue weighted by Crippen LogP contribution is -2.08. The Balaban J connectivity index is 2.03. The minimum absolute atomic E-state index is 0.617. The van der Waals surface area contributed by atoms with Crippen LogP contribution in [0.4, 0.5) is 0 Å². The fraction of sp³-hybridized carbons (Fsp3) is 0.538. The van der Waals surface area contributed by atoms with Gasteiger partial charge >= 0.3 is 0 Å². The lowest BCUT2D eigenvalue weighted by molar-refractivity contribution is 0.426. The first kappa shape index (κ1) is 9.82. The Morgan fingerprint density at radius 1 is 1.19 bits per heavy atom. The number of hydrogen-bond donors (Lipinski definition) is 0. The molecule has 2 aromatic rings. The van der Waals surface area contributed by atoms with Gasteiger partial charge in [-0.25, -0.2) is 0 Å². The topological polar surface area (TPSA) is 30.2 Å². The van der Waals surface area contributed by atoms with E-state index in [0.717, 1.165) is 11.5 Å². The van der Waals surface area contributed by atoms with Crippen LogP contribution in [-0.4, -0.2) is 14.6 Å². The van der Waals surface area contributed by atoms with Crippen LogP contribution in [0.3, 0.4) is 0 Å². The molecule has 1 saturated carbocycles. The SMILES string of the molecule is Cc1ccn2c(C3CCCCC3)nnc2c1. The van der Waals surface area contributed by atoms with Gasteiger partial charge in [0, 0.05) is 12.1 Å². The minimum Gasteiger partial charge on any atom is -0.286 e. The number of fused-ring (bicyclic) bond motifs is 1. The van der Waals surface area contributed by atoms with Crippen LogP contribution in [0.1, 0.15) is 49.4 Å². The van der Waals surface area contributed by atoms with E-state index in [0.29, 0.717) is 5.92 Å². The van der Waals surface area contributed by atoms with E-state index in [1.54, 1.807) is 0 Å². The maximum Gasteiger partial charge on any atom is 0.161 e. The van der Waals surface area contributed by atoms with E-state index in [1.807, 2.05) is 0 Å². The highest BCUT2D eigenvalue weighted by molar-refractivity contribution is 5.41. The Morgan fingerprint density at radius 2 is 2.00 bits per heavy atom. The van der Waals surface area contributed by atoms with E-state index >= 15 is 0 Å². The van der Waals surface area contributed by atoms with Gasteiger partial charge in [0.15, 0.2) is 5.65 Å². The zero-order chi connectivity index (χ0) is 11.0. The van der Waals surface area contributed by atoms with Crippen LogP contribution >= 0.6 is 0 Å². The average Bonchev–Trinajstić information content (AvgIpc) is 2.73. The fourth-order valence-electron chi connectivity index (χ4n) is 2.65. The van der Waals surface area contributed by atoms with E-state index in [9.17, 15) is 0 Å². The van der Waals surface area contributed by atoms with Crippen LogP contribution in [-0.2, 0) is 0 Å². The summed E-state index contributed by atoms with van der Waals surface area (Å²) in [5.74, 6) is 1.78. The maximum atomic E-state index is 4.37. The largest absolute Gasteiger partial charge is 0.286 e. The summed E-state index contributed by atoms with van der Waals surface area (Å²) in [5, 5.41) is 8.64.